The van der Waals surface area contributed by atoms with Crippen LogP contribution in [-0.2, 0) is 6.54 Å². The number of benzene rings is 1. The minimum absolute atomic E-state index is 0.231. The molecule has 0 spiro atoms. The first-order valence-electron chi connectivity index (χ1n) is 8.21. The van der Waals surface area contributed by atoms with Crippen LogP contribution in [0.2, 0.25) is 0 Å². The third-order valence-corrected chi connectivity index (χ3v) is 4.50. The monoisotopic (exact) mass is 342 g/mol. The molecule has 0 aliphatic carbocycles. The maximum Gasteiger partial charge on any atom is 0.267 e. The summed E-state index contributed by atoms with van der Waals surface area (Å²) in [7, 11) is 1.65. The number of hydrogen-bond donors (Lipinski definition) is 3. The molecule has 1 atom stereocenters. The van der Waals surface area contributed by atoms with E-state index in [0.29, 0.717) is 18.3 Å². The van der Waals surface area contributed by atoms with Crippen molar-refractivity contribution >= 4 is 11.8 Å². The predicted molar refractivity (Wildman–Crippen MR) is 93.5 cm³/mol. The third kappa shape index (κ3) is 4.00. The molecule has 1 aromatic carbocycles. The quantitative estimate of drug-likeness (QED) is 0.702. The zero-order valence-electron chi connectivity index (χ0n) is 14.1. The molecule has 1 aromatic heterocycles. The average molecular weight is 342 g/mol. The summed E-state index contributed by atoms with van der Waals surface area (Å²) in [6.45, 7) is 2.43. The minimum Gasteiger partial charge on any atom is -0.497 e. The summed E-state index contributed by atoms with van der Waals surface area (Å²) in [6.07, 6.45) is 1.05. The van der Waals surface area contributed by atoms with Crippen molar-refractivity contribution in [2.24, 2.45) is 5.73 Å². The van der Waals surface area contributed by atoms with Crippen molar-refractivity contribution in [2.75, 3.05) is 20.2 Å². The van der Waals surface area contributed by atoms with Crippen molar-refractivity contribution in [1.29, 1.82) is 0 Å². The predicted octanol–water partition coefficient (Wildman–Crippen LogP) is 1.13. The molecule has 2 aromatic rings. The number of hydrogen-bond acceptors (Lipinski definition) is 4. The molecule has 25 heavy (non-hydrogen) atoms. The summed E-state index contributed by atoms with van der Waals surface area (Å²) in [6, 6.07) is 11.4. The lowest BCUT2D eigenvalue weighted by Crippen LogP contribution is -2.52. The second kappa shape index (κ2) is 7.40. The van der Waals surface area contributed by atoms with Gasteiger partial charge in [0.15, 0.2) is 0 Å². The van der Waals surface area contributed by atoms with Crippen LogP contribution in [0, 0.1) is 0 Å². The van der Waals surface area contributed by atoms with E-state index in [1.807, 2.05) is 12.1 Å². The van der Waals surface area contributed by atoms with E-state index < -0.39 is 5.91 Å². The van der Waals surface area contributed by atoms with Crippen LogP contribution in [0.15, 0.2) is 36.4 Å². The molecular formula is C18H22N4O3. The Bertz CT molecular complexity index is 754. The smallest absolute Gasteiger partial charge is 0.267 e. The number of likely N-dealkylation sites (tertiary alicyclic amines) is 1. The Kier molecular flexibility index (Phi) is 5.04. The van der Waals surface area contributed by atoms with Crippen molar-refractivity contribution in [1.82, 2.24) is 15.2 Å². The van der Waals surface area contributed by atoms with E-state index in [4.69, 9.17) is 10.5 Å². The Hall–Kier alpha value is -2.80. The largest absolute Gasteiger partial charge is 0.497 e. The molecule has 2 heterocycles. The van der Waals surface area contributed by atoms with Crippen LogP contribution < -0.4 is 15.8 Å². The minimum atomic E-state index is -0.580. The van der Waals surface area contributed by atoms with Gasteiger partial charge in [-0.05, 0) is 36.2 Å². The molecule has 0 saturated carbocycles. The van der Waals surface area contributed by atoms with Gasteiger partial charge in [0.1, 0.15) is 17.1 Å². The van der Waals surface area contributed by atoms with Gasteiger partial charge in [0, 0.05) is 25.7 Å². The van der Waals surface area contributed by atoms with Gasteiger partial charge >= 0.3 is 0 Å². The number of aromatic amines is 1. The summed E-state index contributed by atoms with van der Waals surface area (Å²) in [5.41, 5.74) is 6.96. The van der Waals surface area contributed by atoms with Crippen molar-refractivity contribution < 1.29 is 14.3 Å². The van der Waals surface area contributed by atoms with Gasteiger partial charge in [-0.15, -0.1) is 0 Å². The molecule has 3 rings (SSSR count). The van der Waals surface area contributed by atoms with Gasteiger partial charge in [0.05, 0.1) is 7.11 Å². The number of aromatic nitrogens is 1. The van der Waals surface area contributed by atoms with E-state index in [-0.39, 0.29) is 11.6 Å². The Morgan fingerprint density at radius 2 is 1.96 bits per heavy atom. The summed E-state index contributed by atoms with van der Waals surface area (Å²) in [5.74, 6) is 0.0324. The highest BCUT2D eigenvalue weighted by Gasteiger charge is 2.28. The number of carbonyl (C=O) groups is 2. The molecule has 2 amide bonds. The van der Waals surface area contributed by atoms with Crippen molar-refractivity contribution in [3.05, 3.63) is 53.3 Å². The number of amides is 2. The van der Waals surface area contributed by atoms with Gasteiger partial charge in [-0.1, -0.05) is 12.1 Å². The van der Waals surface area contributed by atoms with Crippen molar-refractivity contribution in [3.8, 4) is 5.75 Å². The molecular weight excluding hydrogens is 320 g/mol. The van der Waals surface area contributed by atoms with Crippen molar-refractivity contribution in [2.45, 2.75) is 19.0 Å². The molecule has 4 N–H and O–H groups in total. The van der Waals surface area contributed by atoms with Gasteiger partial charge < -0.3 is 20.8 Å². The molecule has 1 aliphatic heterocycles. The Balaban J connectivity index is 1.49. The summed E-state index contributed by atoms with van der Waals surface area (Å²) in [4.78, 5) is 28.2. The fraction of sp³-hybridized carbons (Fsp3) is 0.333. The van der Waals surface area contributed by atoms with E-state index in [0.717, 1.165) is 25.3 Å². The van der Waals surface area contributed by atoms with Gasteiger partial charge in [-0.25, -0.2) is 0 Å². The Morgan fingerprint density at radius 3 is 2.52 bits per heavy atom. The normalized spacial score (nSPS) is 16.9. The fourth-order valence-electron chi connectivity index (χ4n) is 2.88. The summed E-state index contributed by atoms with van der Waals surface area (Å²) < 4.78 is 5.17. The highest BCUT2D eigenvalue weighted by atomic mass is 16.5. The van der Waals surface area contributed by atoms with E-state index in [1.165, 1.54) is 11.6 Å². The molecule has 1 aliphatic rings. The molecule has 1 saturated heterocycles. The van der Waals surface area contributed by atoms with Crippen LogP contribution in [0.3, 0.4) is 0 Å². The Morgan fingerprint density at radius 1 is 1.24 bits per heavy atom. The molecule has 0 bridgehead atoms. The van der Waals surface area contributed by atoms with Crippen molar-refractivity contribution in [3.63, 3.8) is 0 Å². The average Bonchev–Trinajstić information content (AvgIpc) is 3.10. The highest BCUT2D eigenvalue weighted by Crippen LogP contribution is 2.21. The molecule has 1 fully saturated rings. The number of nitrogens with one attached hydrogen (secondary N) is 2. The fourth-order valence-corrected chi connectivity index (χ4v) is 2.88. The lowest BCUT2D eigenvalue weighted by molar-refractivity contribution is 0.0730. The second-order valence-electron chi connectivity index (χ2n) is 6.12. The first-order chi connectivity index (χ1) is 12.1. The number of rotatable bonds is 7. The molecule has 1 unspecified atom stereocenters. The maximum absolute atomic E-state index is 12.1. The van der Waals surface area contributed by atoms with Crippen LogP contribution in [0.4, 0.5) is 0 Å². The van der Waals surface area contributed by atoms with E-state index >= 15 is 0 Å². The van der Waals surface area contributed by atoms with Gasteiger partial charge in [-0.2, -0.15) is 0 Å². The zero-order chi connectivity index (χ0) is 17.8. The number of ether oxygens (including phenoxy) is 1. The first-order valence-corrected chi connectivity index (χ1v) is 8.21. The van der Waals surface area contributed by atoms with Gasteiger partial charge in [0.2, 0.25) is 0 Å². The number of methoxy groups -OCH3 is 1. The van der Waals surface area contributed by atoms with Crippen LogP contribution >= 0.6 is 0 Å². The van der Waals surface area contributed by atoms with E-state index in [1.54, 1.807) is 13.2 Å². The zero-order valence-corrected chi connectivity index (χ0v) is 14.1. The number of primary amides is 1. The number of nitrogens with zero attached hydrogens (tertiary/aromatic N) is 1. The summed E-state index contributed by atoms with van der Waals surface area (Å²) in [5, 5.41) is 2.90. The van der Waals surface area contributed by atoms with Crippen LogP contribution in [0.25, 0.3) is 0 Å². The molecule has 7 nitrogen and oxygen atoms in total. The van der Waals surface area contributed by atoms with Crippen LogP contribution in [0.1, 0.15) is 33.0 Å². The maximum atomic E-state index is 12.1. The second-order valence-corrected chi connectivity index (χ2v) is 6.12. The van der Waals surface area contributed by atoms with E-state index in [2.05, 4.69) is 27.3 Å². The third-order valence-electron chi connectivity index (χ3n) is 4.50. The van der Waals surface area contributed by atoms with E-state index in [9.17, 15) is 9.59 Å². The summed E-state index contributed by atoms with van der Waals surface area (Å²) >= 11 is 0. The van der Waals surface area contributed by atoms with Gasteiger partial charge in [0.25, 0.3) is 11.8 Å². The molecule has 132 valence electrons. The molecule has 7 heteroatoms. The molecule has 0 radical (unpaired) electrons. The number of nitrogens with two attached hydrogens (primary N) is 1. The van der Waals surface area contributed by atoms with Crippen LogP contribution in [-0.4, -0.2) is 47.9 Å². The highest BCUT2D eigenvalue weighted by molar-refractivity contribution is 5.96. The van der Waals surface area contributed by atoms with Crippen LogP contribution in [0.5, 0.6) is 5.75 Å². The lowest BCUT2D eigenvalue weighted by atomic mass is 10.0. The topological polar surface area (TPSA) is 100 Å². The lowest BCUT2D eigenvalue weighted by Gasteiger charge is -2.41. The first kappa shape index (κ1) is 17.0. The van der Waals surface area contributed by atoms with Gasteiger partial charge in [-0.3, -0.25) is 14.5 Å². The SMILES string of the molecule is COc1ccc(CN2CCC2CNC(=O)c2ccc(C(N)=O)[nH]2)cc1. The number of carbonyl (C=O) groups excluding carboxylic acids is 2. The number of H-pyrrole nitrogens is 1. The standard InChI is InChI=1S/C18H22N4O3/c1-25-14-4-2-12(3-5-14)11-22-9-8-13(22)10-20-18(24)16-7-6-15(21-16)17(19)23/h2-7,13,21H,8-11H2,1H3,(H2,19,23)(H,20,24). The Labute approximate surface area is 146 Å².